The molecule has 3 rings (SSSR count). The molecule has 1 aromatic carbocycles. The summed E-state index contributed by atoms with van der Waals surface area (Å²) < 4.78 is 6.79. The Balaban J connectivity index is 1.40. The van der Waals surface area contributed by atoms with E-state index < -0.39 is 0 Å². The van der Waals surface area contributed by atoms with Gasteiger partial charge >= 0.3 is 0 Å². The van der Waals surface area contributed by atoms with Crippen molar-refractivity contribution in [2.24, 2.45) is 5.10 Å². The van der Waals surface area contributed by atoms with E-state index in [4.69, 9.17) is 16.0 Å². The number of halogens is 1. The van der Waals surface area contributed by atoms with Gasteiger partial charge in [0.2, 0.25) is 0 Å². The van der Waals surface area contributed by atoms with Crippen molar-refractivity contribution in [1.82, 2.24) is 15.6 Å². The van der Waals surface area contributed by atoms with Gasteiger partial charge in [0.1, 0.15) is 5.76 Å². The summed E-state index contributed by atoms with van der Waals surface area (Å²) in [7, 11) is 0. The summed E-state index contributed by atoms with van der Waals surface area (Å²) in [5.41, 5.74) is 4.41. The first-order chi connectivity index (χ1) is 14.1. The van der Waals surface area contributed by atoms with Gasteiger partial charge in [-0.15, -0.1) is 10.2 Å². The molecule has 2 aromatic heterocycles. The van der Waals surface area contributed by atoms with Gasteiger partial charge in [0.25, 0.3) is 5.91 Å². The maximum atomic E-state index is 11.9. The van der Waals surface area contributed by atoms with E-state index in [0.29, 0.717) is 0 Å². The van der Waals surface area contributed by atoms with Crippen LogP contribution >= 0.6 is 46.5 Å². The van der Waals surface area contributed by atoms with Crippen LogP contribution in [0.15, 0.2) is 66.4 Å². The standard InChI is InChI=1S/C19H17ClN4O2S3/c1-13(9-15-6-4-8-26-15)10-21-22-17(25)12-28-19-24-23-18(29-19)27-11-14-5-2-3-7-16(14)20/h2-10H,11-12H2,1H3,(H,22,25)/b13-9+,21-10+. The van der Waals surface area contributed by atoms with Crippen molar-refractivity contribution in [1.29, 1.82) is 0 Å². The van der Waals surface area contributed by atoms with Crippen molar-refractivity contribution < 1.29 is 9.21 Å². The second kappa shape index (κ2) is 11.2. The summed E-state index contributed by atoms with van der Waals surface area (Å²) in [6.45, 7) is 1.87. The Labute approximate surface area is 185 Å². The van der Waals surface area contributed by atoms with Crippen LogP contribution in [0.1, 0.15) is 18.2 Å². The monoisotopic (exact) mass is 464 g/mol. The molecule has 0 saturated carbocycles. The summed E-state index contributed by atoms with van der Waals surface area (Å²) in [5.74, 6) is 1.45. The van der Waals surface area contributed by atoms with Gasteiger partial charge in [-0.1, -0.05) is 64.7 Å². The molecule has 0 bridgehead atoms. The summed E-state index contributed by atoms with van der Waals surface area (Å²) >= 11 is 10.5. The van der Waals surface area contributed by atoms with Crippen molar-refractivity contribution in [2.75, 3.05) is 5.75 Å². The normalized spacial score (nSPS) is 11.9. The van der Waals surface area contributed by atoms with Crippen LogP contribution in [0.25, 0.3) is 6.08 Å². The van der Waals surface area contributed by atoms with E-state index in [-0.39, 0.29) is 11.7 Å². The molecular weight excluding hydrogens is 448 g/mol. The van der Waals surface area contributed by atoms with Crippen LogP contribution in [0.4, 0.5) is 0 Å². The van der Waals surface area contributed by atoms with E-state index in [0.717, 1.165) is 36.4 Å². The lowest BCUT2D eigenvalue weighted by Crippen LogP contribution is -2.19. The van der Waals surface area contributed by atoms with E-state index in [9.17, 15) is 4.79 Å². The molecule has 0 atom stereocenters. The number of amides is 1. The van der Waals surface area contributed by atoms with Gasteiger partial charge in [-0.05, 0) is 42.3 Å². The minimum atomic E-state index is -0.211. The van der Waals surface area contributed by atoms with Gasteiger partial charge in [-0.25, -0.2) is 5.43 Å². The Morgan fingerprint density at radius 1 is 1.24 bits per heavy atom. The summed E-state index contributed by atoms with van der Waals surface area (Å²) in [6, 6.07) is 11.4. The maximum absolute atomic E-state index is 11.9. The molecule has 1 N–H and O–H groups in total. The van der Waals surface area contributed by atoms with Crippen LogP contribution in [0.2, 0.25) is 5.02 Å². The fraction of sp³-hybridized carbons (Fsp3) is 0.158. The predicted molar refractivity (Wildman–Crippen MR) is 121 cm³/mol. The average molecular weight is 465 g/mol. The number of benzene rings is 1. The van der Waals surface area contributed by atoms with Crippen molar-refractivity contribution in [3.63, 3.8) is 0 Å². The van der Waals surface area contributed by atoms with Crippen LogP contribution in [0.3, 0.4) is 0 Å². The first-order valence-electron chi connectivity index (χ1n) is 8.46. The number of carbonyl (C=O) groups is 1. The minimum absolute atomic E-state index is 0.210. The van der Waals surface area contributed by atoms with Gasteiger partial charge in [-0.3, -0.25) is 4.79 Å². The molecule has 2 heterocycles. The van der Waals surface area contributed by atoms with E-state index in [1.54, 1.807) is 24.2 Å². The number of nitrogens with zero attached hydrogens (tertiary/aromatic N) is 3. The third-order valence-corrected chi connectivity index (χ3v) is 7.00. The predicted octanol–water partition coefficient (Wildman–Crippen LogP) is 5.37. The average Bonchev–Trinajstić information content (AvgIpc) is 3.38. The van der Waals surface area contributed by atoms with Gasteiger partial charge in [-0.2, -0.15) is 5.10 Å². The van der Waals surface area contributed by atoms with Crippen LogP contribution in [0, 0.1) is 0 Å². The maximum Gasteiger partial charge on any atom is 0.250 e. The number of allylic oxidation sites excluding steroid dienone is 1. The van der Waals surface area contributed by atoms with Gasteiger partial charge in [0, 0.05) is 10.8 Å². The molecule has 0 saturated heterocycles. The highest BCUT2D eigenvalue weighted by Crippen LogP contribution is 2.32. The lowest BCUT2D eigenvalue weighted by molar-refractivity contribution is -0.118. The van der Waals surface area contributed by atoms with E-state index >= 15 is 0 Å². The molecule has 29 heavy (non-hydrogen) atoms. The Bertz CT molecular complexity index is 1000. The number of hydrazone groups is 1. The number of aromatic nitrogens is 2. The highest BCUT2D eigenvalue weighted by Gasteiger charge is 2.09. The van der Waals surface area contributed by atoms with E-state index in [2.05, 4.69) is 20.7 Å². The quantitative estimate of drug-likeness (QED) is 0.260. The summed E-state index contributed by atoms with van der Waals surface area (Å²) in [5, 5.41) is 12.9. The first kappa shape index (κ1) is 21.6. The highest BCUT2D eigenvalue weighted by atomic mass is 35.5. The Morgan fingerprint density at radius 3 is 2.79 bits per heavy atom. The molecule has 0 aliphatic rings. The highest BCUT2D eigenvalue weighted by molar-refractivity contribution is 8.03. The number of hydrogen-bond acceptors (Lipinski definition) is 8. The number of hydrogen-bond donors (Lipinski definition) is 1. The Hall–Kier alpha value is -2.07. The molecular formula is C19H17ClN4O2S3. The fourth-order valence-electron chi connectivity index (χ4n) is 2.07. The fourth-order valence-corrected chi connectivity index (χ4v) is 5.17. The molecule has 0 aliphatic carbocycles. The van der Waals surface area contributed by atoms with Crippen molar-refractivity contribution >= 4 is 64.7 Å². The smallest absolute Gasteiger partial charge is 0.250 e. The number of nitrogens with one attached hydrogen (secondary N) is 1. The van der Waals surface area contributed by atoms with Crippen LogP contribution in [0.5, 0.6) is 0 Å². The number of carbonyl (C=O) groups excluding carboxylic acids is 1. The van der Waals surface area contributed by atoms with Crippen molar-refractivity contribution in [2.45, 2.75) is 21.4 Å². The number of thioether (sulfide) groups is 2. The molecule has 10 heteroatoms. The molecule has 0 unspecified atom stereocenters. The zero-order chi connectivity index (χ0) is 20.5. The third-order valence-electron chi connectivity index (χ3n) is 3.39. The van der Waals surface area contributed by atoms with Gasteiger partial charge < -0.3 is 4.42 Å². The zero-order valence-electron chi connectivity index (χ0n) is 15.4. The summed E-state index contributed by atoms with van der Waals surface area (Å²) in [6.07, 6.45) is 5.00. The van der Waals surface area contributed by atoms with Crippen molar-refractivity contribution in [3.8, 4) is 0 Å². The molecule has 150 valence electrons. The molecule has 0 radical (unpaired) electrons. The second-order valence-electron chi connectivity index (χ2n) is 5.70. The lowest BCUT2D eigenvalue weighted by Gasteiger charge is -2.00. The number of furan rings is 1. The molecule has 3 aromatic rings. The SMILES string of the molecule is CC(/C=N/NC(=O)CSc1nnc(SCc2ccccc2Cl)s1)=C\c1ccco1. The first-order valence-corrected chi connectivity index (χ1v) is 11.6. The largest absolute Gasteiger partial charge is 0.465 e. The molecule has 0 spiro atoms. The molecule has 0 aliphatic heterocycles. The number of rotatable bonds is 9. The molecule has 0 fully saturated rings. The Morgan fingerprint density at radius 2 is 2.03 bits per heavy atom. The molecule has 6 nitrogen and oxygen atoms in total. The van der Waals surface area contributed by atoms with E-state index in [1.165, 1.54) is 23.1 Å². The van der Waals surface area contributed by atoms with Gasteiger partial charge in [0.15, 0.2) is 8.68 Å². The topological polar surface area (TPSA) is 80.4 Å². The van der Waals surface area contributed by atoms with Crippen LogP contribution in [-0.4, -0.2) is 28.1 Å². The van der Waals surface area contributed by atoms with Crippen LogP contribution in [-0.2, 0) is 10.5 Å². The summed E-state index contributed by atoms with van der Waals surface area (Å²) in [4.78, 5) is 11.9. The van der Waals surface area contributed by atoms with Crippen molar-refractivity contribution in [3.05, 3.63) is 64.6 Å². The zero-order valence-corrected chi connectivity index (χ0v) is 18.6. The molecule has 1 amide bonds. The third kappa shape index (κ3) is 7.36. The second-order valence-corrected chi connectivity index (χ2v) is 9.53. The van der Waals surface area contributed by atoms with Crippen LogP contribution < -0.4 is 5.43 Å². The van der Waals surface area contributed by atoms with E-state index in [1.807, 2.05) is 49.4 Å². The lowest BCUT2D eigenvalue weighted by atomic mass is 10.2. The Kier molecular flexibility index (Phi) is 8.36. The van der Waals surface area contributed by atoms with Gasteiger partial charge in [0.05, 0.1) is 18.2 Å². The minimum Gasteiger partial charge on any atom is -0.465 e.